The average Bonchev–Trinajstić information content (AvgIpc) is 2.41. The Morgan fingerprint density at radius 1 is 1.33 bits per heavy atom. The van der Waals surface area contributed by atoms with Crippen molar-refractivity contribution in [2.24, 2.45) is 5.92 Å². The largest absolute Gasteiger partial charge is 0.378 e. The molecular weight excluding hydrogens is 266 g/mol. The zero-order valence-corrected chi connectivity index (χ0v) is 13.7. The molecule has 0 aromatic heterocycles. The summed E-state index contributed by atoms with van der Waals surface area (Å²) in [5, 5.41) is 0. The van der Waals surface area contributed by atoms with Gasteiger partial charge < -0.3 is 9.64 Å². The summed E-state index contributed by atoms with van der Waals surface area (Å²) >= 11 is 0. The van der Waals surface area contributed by atoms with Crippen molar-refractivity contribution in [2.45, 2.75) is 38.8 Å². The molecule has 3 heterocycles. The molecular formula is C16H29N3O2. The minimum absolute atomic E-state index is 0.190. The van der Waals surface area contributed by atoms with Crippen molar-refractivity contribution in [3.05, 3.63) is 0 Å². The van der Waals surface area contributed by atoms with Crippen LogP contribution in [0.25, 0.3) is 0 Å². The van der Waals surface area contributed by atoms with Crippen LogP contribution in [-0.2, 0) is 9.53 Å². The van der Waals surface area contributed by atoms with Gasteiger partial charge in [0.25, 0.3) is 0 Å². The van der Waals surface area contributed by atoms with Crippen LogP contribution in [0.4, 0.5) is 0 Å². The van der Waals surface area contributed by atoms with Gasteiger partial charge in [-0.25, -0.2) is 0 Å². The number of fused-ring (bicyclic) bond motifs is 2. The van der Waals surface area contributed by atoms with E-state index in [4.69, 9.17) is 4.74 Å². The first-order valence-corrected chi connectivity index (χ1v) is 8.32. The molecule has 21 heavy (non-hydrogen) atoms. The molecule has 0 aliphatic carbocycles. The fraction of sp³-hybridized carbons (Fsp3) is 0.938. The van der Waals surface area contributed by atoms with Crippen molar-refractivity contribution in [1.82, 2.24) is 14.7 Å². The predicted octanol–water partition coefficient (Wildman–Crippen LogP) is 0.650. The number of amides is 1. The molecule has 5 heteroatoms. The van der Waals surface area contributed by atoms with Crippen LogP contribution in [0.2, 0.25) is 0 Å². The summed E-state index contributed by atoms with van der Waals surface area (Å²) in [7, 11) is 0. The van der Waals surface area contributed by atoms with Crippen molar-refractivity contribution < 1.29 is 9.53 Å². The van der Waals surface area contributed by atoms with Crippen LogP contribution < -0.4 is 0 Å². The summed E-state index contributed by atoms with van der Waals surface area (Å²) in [4.78, 5) is 19.1. The number of rotatable bonds is 3. The first kappa shape index (κ1) is 15.3. The highest BCUT2D eigenvalue weighted by molar-refractivity contribution is 5.73. The Labute approximate surface area is 128 Å². The normalized spacial score (nSPS) is 29.5. The molecule has 120 valence electrons. The lowest BCUT2D eigenvalue weighted by molar-refractivity contribution is -0.173. The quantitative estimate of drug-likeness (QED) is 0.766. The van der Waals surface area contributed by atoms with Gasteiger partial charge in [-0.05, 0) is 18.9 Å². The number of piperazine rings is 1. The van der Waals surface area contributed by atoms with Crippen LogP contribution in [0.1, 0.15) is 27.2 Å². The van der Waals surface area contributed by atoms with Gasteiger partial charge in [-0.15, -0.1) is 0 Å². The molecule has 0 bridgehead atoms. The molecule has 3 saturated heterocycles. The molecule has 0 N–H and O–H groups in total. The van der Waals surface area contributed by atoms with Gasteiger partial charge in [0.05, 0.1) is 24.8 Å². The Bertz CT molecular complexity index is 393. The summed E-state index contributed by atoms with van der Waals surface area (Å²) in [6, 6.07) is 0.392. The zero-order chi connectivity index (χ0) is 15.0. The SMILES string of the molecule is CC(=O)N1CC2COCCN2C2(CN(CCC(C)C)C2)C1. The monoisotopic (exact) mass is 295 g/mol. The van der Waals surface area contributed by atoms with Crippen molar-refractivity contribution >= 4 is 5.91 Å². The summed E-state index contributed by atoms with van der Waals surface area (Å²) in [6.07, 6.45) is 1.26. The molecule has 3 fully saturated rings. The third-order valence-electron chi connectivity index (χ3n) is 5.26. The second kappa shape index (κ2) is 5.86. The van der Waals surface area contributed by atoms with Crippen LogP contribution in [0.5, 0.6) is 0 Å². The number of ether oxygens (including phenoxy) is 1. The molecule has 0 radical (unpaired) electrons. The molecule has 5 nitrogen and oxygen atoms in total. The van der Waals surface area contributed by atoms with Crippen LogP contribution in [0, 0.1) is 5.92 Å². The highest BCUT2D eigenvalue weighted by Gasteiger charge is 2.54. The van der Waals surface area contributed by atoms with Gasteiger partial charge in [0.2, 0.25) is 5.91 Å². The number of nitrogens with zero attached hydrogens (tertiary/aromatic N) is 3. The van der Waals surface area contributed by atoms with E-state index in [-0.39, 0.29) is 11.4 Å². The molecule has 1 spiro atoms. The van der Waals surface area contributed by atoms with Gasteiger partial charge in [0.1, 0.15) is 0 Å². The topological polar surface area (TPSA) is 36.0 Å². The summed E-state index contributed by atoms with van der Waals surface area (Å²) in [5.41, 5.74) is 0.190. The first-order valence-electron chi connectivity index (χ1n) is 8.32. The summed E-state index contributed by atoms with van der Waals surface area (Å²) in [5.74, 6) is 0.970. The summed E-state index contributed by atoms with van der Waals surface area (Å²) in [6.45, 7) is 14.0. The van der Waals surface area contributed by atoms with E-state index in [9.17, 15) is 4.79 Å². The standard InChI is InChI=1S/C16H29N3O2/c1-13(2)4-5-17-10-16(11-17)12-18(14(3)20)8-15-9-21-7-6-19(15)16/h13,15H,4-12H2,1-3H3. The van der Waals surface area contributed by atoms with E-state index in [1.54, 1.807) is 6.92 Å². The number of hydrogen-bond acceptors (Lipinski definition) is 4. The number of hydrogen-bond donors (Lipinski definition) is 0. The van der Waals surface area contributed by atoms with Crippen molar-refractivity contribution in [3.8, 4) is 0 Å². The van der Waals surface area contributed by atoms with E-state index in [1.807, 2.05) is 4.90 Å². The zero-order valence-electron chi connectivity index (χ0n) is 13.7. The molecule has 3 aliphatic heterocycles. The molecule has 0 saturated carbocycles. The highest BCUT2D eigenvalue weighted by atomic mass is 16.5. The number of carbonyl (C=O) groups is 1. The van der Waals surface area contributed by atoms with E-state index in [0.717, 1.165) is 51.9 Å². The van der Waals surface area contributed by atoms with Gasteiger partial charge >= 0.3 is 0 Å². The fourth-order valence-corrected chi connectivity index (χ4v) is 4.10. The summed E-state index contributed by atoms with van der Waals surface area (Å²) < 4.78 is 5.64. The van der Waals surface area contributed by atoms with Crippen molar-refractivity contribution in [3.63, 3.8) is 0 Å². The minimum atomic E-state index is 0.190. The van der Waals surface area contributed by atoms with Crippen LogP contribution in [-0.4, -0.2) is 84.7 Å². The Morgan fingerprint density at radius 3 is 2.76 bits per heavy atom. The molecule has 0 aromatic rings. The lowest BCUT2D eigenvalue weighted by Crippen LogP contribution is -2.80. The van der Waals surface area contributed by atoms with E-state index in [0.29, 0.717) is 6.04 Å². The first-order chi connectivity index (χ1) is 10.00. The van der Waals surface area contributed by atoms with Crippen LogP contribution >= 0.6 is 0 Å². The van der Waals surface area contributed by atoms with E-state index >= 15 is 0 Å². The number of carbonyl (C=O) groups excluding carboxylic acids is 1. The fourth-order valence-electron chi connectivity index (χ4n) is 4.10. The third-order valence-corrected chi connectivity index (χ3v) is 5.26. The van der Waals surface area contributed by atoms with Gasteiger partial charge in [-0.1, -0.05) is 13.8 Å². The predicted molar refractivity (Wildman–Crippen MR) is 82.2 cm³/mol. The van der Waals surface area contributed by atoms with E-state index < -0.39 is 0 Å². The number of likely N-dealkylation sites (tertiary alicyclic amines) is 1. The van der Waals surface area contributed by atoms with Gasteiger partial charge in [0, 0.05) is 39.6 Å². The molecule has 0 aromatic carbocycles. The molecule has 3 rings (SSSR count). The molecule has 1 unspecified atom stereocenters. The van der Waals surface area contributed by atoms with Gasteiger partial charge in [-0.2, -0.15) is 0 Å². The van der Waals surface area contributed by atoms with E-state index in [1.165, 1.54) is 13.0 Å². The van der Waals surface area contributed by atoms with Crippen LogP contribution in [0.15, 0.2) is 0 Å². The molecule has 3 aliphatic rings. The van der Waals surface area contributed by atoms with Gasteiger partial charge in [0.15, 0.2) is 0 Å². The highest BCUT2D eigenvalue weighted by Crippen LogP contribution is 2.35. The van der Waals surface area contributed by atoms with E-state index in [2.05, 4.69) is 23.6 Å². The van der Waals surface area contributed by atoms with Crippen molar-refractivity contribution in [1.29, 1.82) is 0 Å². The van der Waals surface area contributed by atoms with Gasteiger partial charge in [-0.3, -0.25) is 14.6 Å². The lowest BCUT2D eigenvalue weighted by Gasteiger charge is -2.63. The smallest absolute Gasteiger partial charge is 0.219 e. The maximum atomic E-state index is 11.9. The Morgan fingerprint density at radius 2 is 2.10 bits per heavy atom. The number of morpholine rings is 1. The maximum Gasteiger partial charge on any atom is 0.219 e. The Hall–Kier alpha value is -0.650. The molecule has 1 amide bonds. The average molecular weight is 295 g/mol. The third kappa shape index (κ3) is 2.96. The second-order valence-electron chi connectivity index (χ2n) is 7.44. The van der Waals surface area contributed by atoms with Crippen LogP contribution in [0.3, 0.4) is 0 Å². The maximum absolute atomic E-state index is 11.9. The van der Waals surface area contributed by atoms with Crippen molar-refractivity contribution in [2.75, 3.05) is 52.5 Å². The Balaban J connectivity index is 1.66. The minimum Gasteiger partial charge on any atom is -0.378 e. The lowest BCUT2D eigenvalue weighted by atomic mass is 9.82. The second-order valence-corrected chi connectivity index (χ2v) is 7.44. The Kier molecular flexibility index (Phi) is 4.26. The molecule has 1 atom stereocenters.